The van der Waals surface area contributed by atoms with Gasteiger partial charge in [0.1, 0.15) is 5.82 Å². The lowest BCUT2D eigenvalue weighted by Crippen LogP contribution is -2.17. The number of para-hydroxylation sites is 1. The normalized spacial score (nSPS) is 11.2. The third-order valence-electron chi connectivity index (χ3n) is 3.39. The monoisotopic (exact) mass is 254 g/mol. The first-order valence-corrected chi connectivity index (χ1v) is 6.56. The van der Waals surface area contributed by atoms with Crippen LogP contribution in [0.3, 0.4) is 0 Å². The standard InChI is InChI=1S/C15H18N4/c1-19-11-12(13-4-2-3-5-14(13)19)10-16-7-6-15-17-8-9-18-15/h2-5,8-9,11,16H,6-7,10H2,1H3,(H,17,18). The SMILES string of the molecule is Cn1cc(CNCCc2ncc[nH]2)c2ccccc21. The quantitative estimate of drug-likeness (QED) is 0.686. The minimum absolute atomic E-state index is 0.891. The van der Waals surface area contributed by atoms with Gasteiger partial charge in [-0.2, -0.15) is 0 Å². The highest BCUT2D eigenvalue weighted by atomic mass is 14.9. The predicted molar refractivity (Wildman–Crippen MR) is 76.9 cm³/mol. The van der Waals surface area contributed by atoms with Crippen LogP contribution in [0.25, 0.3) is 10.9 Å². The first-order chi connectivity index (χ1) is 9.34. The number of benzene rings is 1. The van der Waals surface area contributed by atoms with Crippen molar-refractivity contribution in [1.29, 1.82) is 0 Å². The summed E-state index contributed by atoms with van der Waals surface area (Å²) in [5, 5.41) is 4.80. The van der Waals surface area contributed by atoms with E-state index in [9.17, 15) is 0 Å². The van der Waals surface area contributed by atoms with Gasteiger partial charge in [-0.3, -0.25) is 0 Å². The van der Waals surface area contributed by atoms with E-state index >= 15 is 0 Å². The lowest BCUT2D eigenvalue weighted by molar-refractivity contribution is 0.675. The van der Waals surface area contributed by atoms with Crippen LogP contribution in [0.2, 0.25) is 0 Å². The third-order valence-corrected chi connectivity index (χ3v) is 3.39. The van der Waals surface area contributed by atoms with Gasteiger partial charge in [-0.1, -0.05) is 18.2 Å². The summed E-state index contributed by atoms with van der Waals surface area (Å²) < 4.78 is 2.18. The Morgan fingerprint density at radius 2 is 2.21 bits per heavy atom. The second kappa shape index (κ2) is 5.28. The van der Waals surface area contributed by atoms with Crippen molar-refractivity contribution in [2.75, 3.05) is 6.54 Å². The lowest BCUT2D eigenvalue weighted by Gasteiger charge is -2.02. The molecule has 0 fully saturated rings. The van der Waals surface area contributed by atoms with Crippen LogP contribution in [-0.2, 0) is 20.0 Å². The number of hydrogen-bond acceptors (Lipinski definition) is 2. The number of imidazole rings is 1. The topological polar surface area (TPSA) is 45.6 Å². The number of H-pyrrole nitrogens is 1. The summed E-state index contributed by atoms with van der Waals surface area (Å²) in [5.74, 6) is 1.03. The summed E-state index contributed by atoms with van der Waals surface area (Å²) in [5.41, 5.74) is 2.63. The summed E-state index contributed by atoms with van der Waals surface area (Å²) in [7, 11) is 2.09. The first kappa shape index (κ1) is 12.0. The van der Waals surface area contributed by atoms with Gasteiger partial charge in [0, 0.05) is 56.1 Å². The molecule has 0 saturated carbocycles. The fraction of sp³-hybridized carbons (Fsp3) is 0.267. The summed E-state index contributed by atoms with van der Waals surface area (Å²) in [4.78, 5) is 7.33. The van der Waals surface area contributed by atoms with Gasteiger partial charge < -0.3 is 14.9 Å². The highest BCUT2D eigenvalue weighted by Crippen LogP contribution is 2.19. The Bertz CT molecular complexity index is 652. The Hall–Kier alpha value is -2.07. The number of aromatic amines is 1. The first-order valence-electron chi connectivity index (χ1n) is 6.56. The van der Waals surface area contributed by atoms with Crippen LogP contribution in [0.15, 0.2) is 42.9 Å². The van der Waals surface area contributed by atoms with Crippen molar-refractivity contribution in [2.45, 2.75) is 13.0 Å². The molecule has 4 nitrogen and oxygen atoms in total. The van der Waals surface area contributed by atoms with Crippen molar-refractivity contribution < 1.29 is 0 Å². The van der Waals surface area contributed by atoms with Crippen molar-refractivity contribution >= 4 is 10.9 Å². The molecular weight excluding hydrogens is 236 g/mol. The molecular formula is C15H18N4. The van der Waals surface area contributed by atoms with Crippen LogP contribution < -0.4 is 5.32 Å². The zero-order valence-corrected chi connectivity index (χ0v) is 11.1. The molecule has 0 aliphatic rings. The average Bonchev–Trinajstić information content (AvgIpc) is 3.04. The Morgan fingerprint density at radius 1 is 1.32 bits per heavy atom. The number of nitrogens with zero attached hydrogens (tertiary/aromatic N) is 2. The summed E-state index contributed by atoms with van der Waals surface area (Å²) in [6, 6.07) is 8.51. The molecule has 0 radical (unpaired) electrons. The molecule has 0 amide bonds. The maximum absolute atomic E-state index is 4.22. The van der Waals surface area contributed by atoms with E-state index in [0.717, 1.165) is 25.3 Å². The predicted octanol–water partition coefficient (Wildman–Crippen LogP) is 2.23. The van der Waals surface area contributed by atoms with Crippen LogP contribution in [-0.4, -0.2) is 21.1 Å². The Morgan fingerprint density at radius 3 is 3.05 bits per heavy atom. The second-order valence-electron chi connectivity index (χ2n) is 4.75. The molecule has 0 saturated heterocycles. The van der Waals surface area contributed by atoms with E-state index in [0.29, 0.717) is 0 Å². The molecule has 0 aliphatic carbocycles. The van der Waals surface area contributed by atoms with E-state index in [-0.39, 0.29) is 0 Å². The van der Waals surface area contributed by atoms with Crippen LogP contribution in [0.1, 0.15) is 11.4 Å². The molecule has 19 heavy (non-hydrogen) atoms. The number of aryl methyl sites for hydroxylation is 1. The molecule has 2 aromatic heterocycles. The van der Waals surface area contributed by atoms with E-state index < -0.39 is 0 Å². The van der Waals surface area contributed by atoms with Crippen LogP contribution >= 0.6 is 0 Å². The molecule has 1 aromatic carbocycles. The van der Waals surface area contributed by atoms with Gasteiger partial charge in [0.05, 0.1) is 0 Å². The maximum atomic E-state index is 4.22. The van der Waals surface area contributed by atoms with Gasteiger partial charge in [0.2, 0.25) is 0 Å². The van der Waals surface area contributed by atoms with Crippen molar-refractivity contribution in [1.82, 2.24) is 19.9 Å². The van der Waals surface area contributed by atoms with E-state index in [4.69, 9.17) is 0 Å². The van der Waals surface area contributed by atoms with E-state index in [2.05, 4.69) is 57.4 Å². The Kier molecular flexibility index (Phi) is 3.33. The van der Waals surface area contributed by atoms with Crippen LogP contribution in [0.4, 0.5) is 0 Å². The van der Waals surface area contributed by atoms with Crippen molar-refractivity contribution in [3.63, 3.8) is 0 Å². The summed E-state index contributed by atoms with van der Waals surface area (Å²) in [6.45, 7) is 1.82. The molecule has 3 aromatic rings. The minimum atomic E-state index is 0.891. The molecule has 0 unspecified atom stereocenters. The smallest absolute Gasteiger partial charge is 0.107 e. The zero-order valence-electron chi connectivity index (χ0n) is 11.1. The molecule has 3 rings (SSSR count). The van der Waals surface area contributed by atoms with Crippen molar-refractivity contribution in [3.05, 3.63) is 54.2 Å². The van der Waals surface area contributed by atoms with E-state index in [1.807, 2.05) is 6.20 Å². The average molecular weight is 254 g/mol. The maximum Gasteiger partial charge on any atom is 0.107 e. The summed E-state index contributed by atoms with van der Waals surface area (Å²) in [6.07, 6.45) is 6.78. The number of nitrogens with one attached hydrogen (secondary N) is 2. The molecule has 0 bridgehead atoms. The molecule has 0 spiro atoms. The van der Waals surface area contributed by atoms with E-state index in [1.165, 1.54) is 16.5 Å². The minimum Gasteiger partial charge on any atom is -0.350 e. The number of aromatic nitrogens is 3. The highest BCUT2D eigenvalue weighted by Gasteiger charge is 2.05. The fourth-order valence-electron chi connectivity index (χ4n) is 2.43. The fourth-order valence-corrected chi connectivity index (χ4v) is 2.43. The molecule has 2 heterocycles. The van der Waals surface area contributed by atoms with Gasteiger partial charge >= 0.3 is 0 Å². The summed E-state index contributed by atoms with van der Waals surface area (Å²) >= 11 is 0. The Balaban J connectivity index is 1.62. The van der Waals surface area contributed by atoms with E-state index in [1.54, 1.807) is 6.20 Å². The molecule has 2 N–H and O–H groups in total. The van der Waals surface area contributed by atoms with Crippen LogP contribution in [0, 0.1) is 0 Å². The van der Waals surface area contributed by atoms with Gasteiger partial charge in [0.25, 0.3) is 0 Å². The molecule has 0 aliphatic heterocycles. The highest BCUT2D eigenvalue weighted by molar-refractivity contribution is 5.83. The van der Waals surface area contributed by atoms with Gasteiger partial charge in [-0.25, -0.2) is 4.98 Å². The van der Waals surface area contributed by atoms with Crippen molar-refractivity contribution in [2.24, 2.45) is 7.05 Å². The molecule has 98 valence electrons. The zero-order chi connectivity index (χ0) is 13.1. The van der Waals surface area contributed by atoms with Gasteiger partial charge in [-0.15, -0.1) is 0 Å². The van der Waals surface area contributed by atoms with Gasteiger partial charge in [-0.05, 0) is 11.6 Å². The second-order valence-corrected chi connectivity index (χ2v) is 4.75. The number of fused-ring (bicyclic) bond motifs is 1. The number of hydrogen-bond donors (Lipinski definition) is 2. The molecule has 0 atom stereocenters. The third kappa shape index (κ3) is 2.53. The van der Waals surface area contributed by atoms with Crippen LogP contribution in [0.5, 0.6) is 0 Å². The lowest BCUT2D eigenvalue weighted by atomic mass is 10.2. The Labute approximate surface area is 112 Å². The van der Waals surface area contributed by atoms with Gasteiger partial charge in [0.15, 0.2) is 0 Å². The van der Waals surface area contributed by atoms with Crippen molar-refractivity contribution in [3.8, 4) is 0 Å². The molecule has 4 heteroatoms. The number of rotatable bonds is 5. The largest absolute Gasteiger partial charge is 0.350 e.